The van der Waals surface area contributed by atoms with Crippen LogP contribution in [0.2, 0.25) is 0 Å². The topological polar surface area (TPSA) is 51.4 Å². The van der Waals surface area contributed by atoms with Gasteiger partial charge in [-0.15, -0.1) is 0 Å². The van der Waals surface area contributed by atoms with Crippen molar-refractivity contribution in [3.8, 4) is 0 Å². The van der Waals surface area contributed by atoms with Crippen LogP contribution in [0.3, 0.4) is 0 Å². The quantitative estimate of drug-likeness (QED) is 0.904. The molecular formula is C13H20N4OS. The Morgan fingerprint density at radius 3 is 3.11 bits per heavy atom. The van der Waals surface area contributed by atoms with Crippen molar-refractivity contribution < 1.29 is 4.74 Å². The number of hydrogen-bond acceptors (Lipinski definition) is 4. The van der Waals surface area contributed by atoms with Gasteiger partial charge >= 0.3 is 0 Å². The lowest BCUT2D eigenvalue weighted by Crippen LogP contribution is -2.48. The second-order valence-electron chi connectivity index (χ2n) is 5.19. The van der Waals surface area contributed by atoms with Crippen molar-refractivity contribution in [3.63, 3.8) is 0 Å². The van der Waals surface area contributed by atoms with E-state index in [0.717, 1.165) is 49.9 Å². The summed E-state index contributed by atoms with van der Waals surface area (Å²) in [7, 11) is 1.97. The molecule has 0 aliphatic carbocycles. The number of aromatic nitrogens is 2. The zero-order valence-corrected chi connectivity index (χ0v) is 12.1. The molecule has 1 aromatic rings. The van der Waals surface area contributed by atoms with Gasteiger partial charge in [-0.05, 0) is 18.9 Å². The molecule has 0 radical (unpaired) electrons. The standard InChI is InChI=1S/C13H20N4OS/c1-17-11(3-7-15-17)2-6-14-12-16-13(10-19-12)4-8-18-9-5-13/h3,7H,2,4-6,8-10H2,1H3,(H,14,16). The van der Waals surface area contributed by atoms with E-state index in [1.807, 2.05) is 29.7 Å². The van der Waals surface area contributed by atoms with Gasteiger partial charge in [-0.3, -0.25) is 9.67 Å². The fourth-order valence-electron chi connectivity index (χ4n) is 2.54. The van der Waals surface area contributed by atoms with Crippen LogP contribution in [0.25, 0.3) is 0 Å². The van der Waals surface area contributed by atoms with Gasteiger partial charge in [0, 0.05) is 50.9 Å². The van der Waals surface area contributed by atoms with Gasteiger partial charge in [-0.25, -0.2) is 0 Å². The highest BCUT2D eigenvalue weighted by molar-refractivity contribution is 8.14. The van der Waals surface area contributed by atoms with E-state index in [1.54, 1.807) is 0 Å². The van der Waals surface area contributed by atoms with E-state index in [2.05, 4.69) is 21.5 Å². The molecule has 0 unspecified atom stereocenters. The number of rotatable bonds is 3. The van der Waals surface area contributed by atoms with Gasteiger partial charge in [-0.1, -0.05) is 11.8 Å². The number of aliphatic imine (C=N–C) groups is 1. The van der Waals surface area contributed by atoms with E-state index >= 15 is 0 Å². The molecule has 0 saturated carbocycles. The van der Waals surface area contributed by atoms with Crippen LogP contribution >= 0.6 is 11.8 Å². The van der Waals surface area contributed by atoms with E-state index in [4.69, 9.17) is 4.74 Å². The molecule has 1 aromatic heterocycles. The van der Waals surface area contributed by atoms with Crippen LogP contribution in [0.1, 0.15) is 18.5 Å². The van der Waals surface area contributed by atoms with Gasteiger partial charge in [0.2, 0.25) is 0 Å². The molecule has 2 aliphatic heterocycles. The summed E-state index contributed by atoms with van der Waals surface area (Å²) in [5.74, 6) is 1.13. The van der Waals surface area contributed by atoms with E-state index in [9.17, 15) is 0 Å². The lowest BCUT2D eigenvalue weighted by molar-refractivity contribution is 0.0555. The third-order valence-electron chi connectivity index (χ3n) is 3.85. The maximum absolute atomic E-state index is 5.44. The normalized spacial score (nSPS) is 23.9. The molecule has 0 aromatic carbocycles. The summed E-state index contributed by atoms with van der Waals surface area (Å²) in [5, 5.41) is 8.88. The lowest BCUT2D eigenvalue weighted by Gasteiger charge is -2.32. The predicted molar refractivity (Wildman–Crippen MR) is 77.6 cm³/mol. The summed E-state index contributed by atoms with van der Waals surface area (Å²) in [6.45, 7) is 2.56. The average molecular weight is 280 g/mol. The van der Waals surface area contributed by atoms with E-state index < -0.39 is 0 Å². The minimum atomic E-state index is 0.244. The first-order valence-corrected chi connectivity index (χ1v) is 7.76. The van der Waals surface area contributed by atoms with Crippen molar-refractivity contribution in [1.29, 1.82) is 0 Å². The molecule has 0 amide bonds. The summed E-state index contributed by atoms with van der Waals surface area (Å²) in [4.78, 5) is 4.68. The van der Waals surface area contributed by atoms with Crippen molar-refractivity contribution in [2.45, 2.75) is 24.8 Å². The summed E-state index contributed by atoms with van der Waals surface area (Å²) in [6.07, 6.45) is 4.97. The molecule has 19 heavy (non-hydrogen) atoms. The molecule has 5 nitrogen and oxygen atoms in total. The molecule has 1 spiro atoms. The summed E-state index contributed by atoms with van der Waals surface area (Å²) >= 11 is 1.85. The van der Waals surface area contributed by atoms with Crippen LogP contribution in [0, 0.1) is 0 Å². The predicted octanol–water partition coefficient (Wildman–Crippen LogP) is 1.20. The van der Waals surface area contributed by atoms with Crippen molar-refractivity contribution in [3.05, 3.63) is 18.0 Å². The maximum atomic E-state index is 5.44. The molecule has 1 N–H and O–H groups in total. The van der Waals surface area contributed by atoms with Gasteiger partial charge in [0.15, 0.2) is 5.17 Å². The number of hydrogen-bond donors (Lipinski definition) is 1. The van der Waals surface area contributed by atoms with Crippen molar-refractivity contribution in [2.75, 3.05) is 25.5 Å². The van der Waals surface area contributed by atoms with Gasteiger partial charge < -0.3 is 10.1 Å². The first kappa shape index (κ1) is 13.0. The molecule has 2 fully saturated rings. The minimum absolute atomic E-state index is 0.244. The van der Waals surface area contributed by atoms with Gasteiger partial charge in [0.25, 0.3) is 0 Å². The molecule has 0 bridgehead atoms. The average Bonchev–Trinajstić information content (AvgIpc) is 2.99. The van der Waals surface area contributed by atoms with E-state index in [-0.39, 0.29) is 5.54 Å². The van der Waals surface area contributed by atoms with Gasteiger partial charge in [-0.2, -0.15) is 5.10 Å². The van der Waals surface area contributed by atoms with E-state index in [1.165, 1.54) is 5.69 Å². The van der Waals surface area contributed by atoms with Crippen LogP contribution in [0.4, 0.5) is 0 Å². The van der Waals surface area contributed by atoms with Crippen molar-refractivity contribution in [2.24, 2.45) is 12.0 Å². The highest BCUT2D eigenvalue weighted by Gasteiger charge is 2.38. The number of amidine groups is 1. The van der Waals surface area contributed by atoms with Crippen LogP contribution in [0.15, 0.2) is 17.3 Å². The Balaban J connectivity index is 1.53. The number of nitrogens with zero attached hydrogens (tertiary/aromatic N) is 3. The SMILES string of the molecule is Cn1nccc1CCN=C1NC2(CCOCC2)CS1. The van der Waals surface area contributed by atoms with E-state index in [0.29, 0.717) is 0 Å². The third kappa shape index (κ3) is 2.95. The molecule has 2 aliphatic rings. The molecule has 0 atom stereocenters. The minimum Gasteiger partial charge on any atom is -0.381 e. The summed E-state index contributed by atoms with van der Waals surface area (Å²) < 4.78 is 7.35. The fraction of sp³-hybridized carbons (Fsp3) is 0.692. The highest BCUT2D eigenvalue weighted by atomic mass is 32.2. The largest absolute Gasteiger partial charge is 0.381 e. The Kier molecular flexibility index (Phi) is 3.79. The first-order chi connectivity index (χ1) is 9.27. The molecule has 104 valence electrons. The zero-order valence-electron chi connectivity index (χ0n) is 11.3. The Labute approximate surface area is 117 Å². The number of ether oxygens (including phenoxy) is 1. The lowest BCUT2D eigenvalue weighted by atomic mass is 9.93. The monoisotopic (exact) mass is 280 g/mol. The highest BCUT2D eigenvalue weighted by Crippen LogP contribution is 2.31. The van der Waals surface area contributed by atoms with Crippen molar-refractivity contribution >= 4 is 16.9 Å². The number of nitrogens with one attached hydrogen (secondary N) is 1. The van der Waals surface area contributed by atoms with Crippen LogP contribution in [-0.2, 0) is 18.2 Å². The molecule has 3 heterocycles. The Bertz CT molecular complexity index is 465. The first-order valence-electron chi connectivity index (χ1n) is 6.78. The second kappa shape index (κ2) is 5.54. The molecular weight excluding hydrogens is 260 g/mol. The van der Waals surface area contributed by atoms with Crippen LogP contribution in [-0.4, -0.2) is 46.0 Å². The fourth-order valence-corrected chi connectivity index (χ4v) is 3.79. The zero-order chi connectivity index (χ0) is 13.1. The van der Waals surface area contributed by atoms with Crippen LogP contribution in [0.5, 0.6) is 0 Å². The van der Waals surface area contributed by atoms with Gasteiger partial charge in [0.05, 0.1) is 5.54 Å². The number of aryl methyl sites for hydroxylation is 1. The Hall–Kier alpha value is -1.01. The van der Waals surface area contributed by atoms with Crippen LogP contribution < -0.4 is 5.32 Å². The Morgan fingerprint density at radius 2 is 2.37 bits per heavy atom. The second-order valence-corrected chi connectivity index (χ2v) is 6.15. The molecule has 3 rings (SSSR count). The van der Waals surface area contributed by atoms with Crippen molar-refractivity contribution in [1.82, 2.24) is 15.1 Å². The third-order valence-corrected chi connectivity index (χ3v) is 5.05. The summed E-state index contributed by atoms with van der Waals surface area (Å²) in [6, 6.07) is 2.05. The number of thioether (sulfide) groups is 1. The maximum Gasteiger partial charge on any atom is 0.157 e. The molecule has 6 heteroatoms. The van der Waals surface area contributed by atoms with Gasteiger partial charge in [0.1, 0.15) is 0 Å². The Morgan fingerprint density at radius 1 is 1.53 bits per heavy atom. The molecule has 2 saturated heterocycles. The smallest absolute Gasteiger partial charge is 0.157 e. The summed E-state index contributed by atoms with van der Waals surface area (Å²) in [5.41, 5.74) is 1.47.